The lowest BCUT2D eigenvalue weighted by Gasteiger charge is -2.18. The molecule has 1 aliphatic carbocycles. The number of aliphatic hydroxyl groups is 1. The zero-order valence-electron chi connectivity index (χ0n) is 9.04. The van der Waals surface area contributed by atoms with Gasteiger partial charge in [-0.15, -0.1) is 0 Å². The highest BCUT2D eigenvalue weighted by Gasteiger charge is 2.24. The van der Waals surface area contributed by atoms with Gasteiger partial charge in [0.05, 0.1) is 6.10 Å². The smallest absolute Gasteiger partial charge is 0.126 e. The van der Waals surface area contributed by atoms with Crippen molar-refractivity contribution in [1.29, 1.82) is 0 Å². The molecular weight excluding hydrogens is 191 g/mol. The molecule has 2 heteroatoms. The maximum absolute atomic E-state index is 13.1. The van der Waals surface area contributed by atoms with E-state index >= 15 is 0 Å². The Bertz CT molecular complexity index is 342. The molecule has 0 aromatic heterocycles. The maximum atomic E-state index is 13.1. The number of aliphatic hydroxyl groups excluding tert-OH is 1. The molecule has 1 aliphatic rings. The number of benzene rings is 1. The van der Waals surface area contributed by atoms with Crippen LogP contribution in [0.15, 0.2) is 18.2 Å². The van der Waals surface area contributed by atoms with E-state index in [4.69, 9.17) is 0 Å². The molecule has 0 heterocycles. The van der Waals surface area contributed by atoms with E-state index in [1.165, 1.54) is 18.9 Å². The Balaban J connectivity index is 2.17. The first-order valence-corrected chi connectivity index (χ1v) is 5.62. The summed E-state index contributed by atoms with van der Waals surface area (Å²) in [5.74, 6) is 0.173. The first-order valence-electron chi connectivity index (χ1n) is 5.62. The third-order valence-electron chi connectivity index (χ3n) is 3.37. The Morgan fingerprint density at radius 3 is 2.60 bits per heavy atom. The molecule has 0 saturated heterocycles. The summed E-state index contributed by atoms with van der Waals surface area (Å²) in [6.07, 6.45) is 4.20. The maximum Gasteiger partial charge on any atom is 0.126 e. The minimum absolute atomic E-state index is 0.197. The van der Waals surface area contributed by atoms with Gasteiger partial charge in [0.2, 0.25) is 0 Å². The second-order valence-electron chi connectivity index (χ2n) is 4.50. The predicted octanol–water partition coefficient (Wildman–Crippen LogP) is 3.36. The van der Waals surface area contributed by atoms with E-state index in [1.54, 1.807) is 19.1 Å². The van der Waals surface area contributed by atoms with E-state index in [-0.39, 0.29) is 5.82 Å². The summed E-state index contributed by atoms with van der Waals surface area (Å²) in [5.41, 5.74) is 1.48. The molecule has 0 bridgehead atoms. The lowest BCUT2D eigenvalue weighted by atomic mass is 9.93. The van der Waals surface area contributed by atoms with E-state index in [1.807, 2.05) is 0 Å². The van der Waals surface area contributed by atoms with Gasteiger partial charge in [-0.1, -0.05) is 25.0 Å². The highest BCUT2D eigenvalue weighted by Crippen LogP contribution is 2.35. The molecule has 1 unspecified atom stereocenters. The molecule has 1 aromatic rings. The zero-order chi connectivity index (χ0) is 10.8. The van der Waals surface area contributed by atoms with Crippen LogP contribution in [0, 0.1) is 18.7 Å². The second kappa shape index (κ2) is 4.31. The van der Waals surface area contributed by atoms with Crippen molar-refractivity contribution in [1.82, 2.24) is 0 Å². The van der Waals surface area contributed by atoms with E-state index in [9.17, 15) is 9.50 Å². The molecule has 1 N–H and O–H groups in total. The molecule has 82 valence electrons. The lowest BCUT2D eigenvalue weighted by molar-refractivity contribution is 0.111. The van der Waals surface area contributed by atoms with Crippen molar-refractivity contribution in [2.45, 2.75) is 38.7 Å². The molecule has 1 atom stereocenters. The van der Waals surface area contributed by atoms with Crippen LogP contribution in [0.2, 0.25) is 0 Å². The van der Waals surface area contributed by atoms with E-state index < -0.39 is 6.10 Å². The number of rotatable bonds is 2. The van der Waals surface area contributed by atoms with Crippen molar-refractivity contribution in [3.63, 3.8) is 0 Å². The van der Waals surface area contributed by atoms with Gasteiger partial charge >= 0.3 is 0 Å². The summed E-state index contributed by atoms with van der Waals surface area (Å²) < 4.78 is 13.1. The third kappa shape index (κ3) is 2.20. The summed E-state index contributed by atoms with van der Waals surface area (Å²) >= 11 is 0. The van der Waals surface area contributed by atoms with Crippen LogP contribution in [0.4, 0.5) is 4.39 Å². The molecule has 0 aliphatic heterocycles. The normalized spacial score (nSPS) is 19.4. The van der Waals surface area contributed by atoms with Gasteiger partial charge < -0.3 is 5.11 Å². The van der Waals surface area contributed by atoms with Gasteiger partial charge in [0.15, 0.2) is 0 Å². The van der Waals surface area contributed by atoms with E-state index in [2.05, 4.69) is 0 Å². The topological polar surface area (TPSA) is 20.2 Å². The molecular formula is C13H17FO. The fourth-order valence-corrected chi connectivity index (χ4v) is 2.40. The minimum Gasteiger partial charge on any atom is -0.388 e. The fourth-order valence-electron chi connectivity index (χ4n) is 2.40. The van der Waals surface area contributed by atoms with Crippen molar-refractivity contribution < 1.29 is 9.50 Å². The summed E-state index contributed by atoms with van der Waals surface area (Å²) in [6.45, 7) is 1.74. The highest BCUT2D eigenvalue weighted by atomic mass is 19.1. The Morgan fingerprint density at radius 2 is 2.00 bits per heavy atom. The molecule has 1 nitrogen and oxygen atoms in total. The Morgan fingerprint density at radius 1 is 1.33 bits per heavy atom. The van der Waals surface area contributed by atoms with Gasteiger partial charge in [0, 0.05) is 0 Å². The van der Waals surface area contributed by atoms with Crippen LogP contribution in [0.25, 0.3) is 0 Å². The van der Waals surface area contributed by atoms with Gasteiger partial charge in [-0.25, -0.2) is 4.39 Å². The molecule has 1 saturated carbocycles. The highest BCUT2D eigenvalue weighted by molar-refractivity contribution is 5.26. The van der Waals surface area contributed by atoms with Crippen molar-refractivity contribution in [3.05, 3.63) is 35.1 Å². The van der Waals surface area contributed by atoms with Crippen LogP contribution in [-0.2, 0) is 0 Å². The summed E-state index contributed by atoms with van der Waals surface area (Å²) in [7, 11) is 0. The summed E-state index contributed by atoms with van der Waals surface area (Å²) in [4.78, 5) is 0. The Kier molecular flexibility index (Phi) is 3.06. The number of aryl methyl sites for hydroxylation is 1. The number of hydrogen-bond acceptors (Lipinski definition) is 1. The third-order valence-corrected chi connectivity index (χ3v) is 3.37. The SMILES string of the molecule is Cc1cc(C(O)C2CCCC2)ccc1F. The van der Waals surface area contributed by atoms with Crippen molar-refractivity contribution in [3.8, 4) is 0 Å². The minimum atomic E-state index is -0.410. The van der Waals surface area contributed by atoms with Crippen LogP contribution < -0.4 is 0 Å². The Hall–Kier alpha value is -0.890. The van der Waals surface area contributed by atoms with Gasteiger partial charge in [-0.2, -0.15) is 0 Å². The van der Waals surface area contributed by atoms with Crippen LogP contribution in [-0.4, -0.2) is 5.11 Å². The van der Waals surface area contributed by atoms with Crippen LogP contribution in [0.1, 0.15) is 42.9 Å². The van der Waals surface area contributed by atoms with Crippen LogP contribution >= 0.6 is 0 Å². The quantitative estimate of drug-likeness (QED) is 0.790. The van der Waals surface area contributed by atoms with Crippen molar-refractivity contribution >= 4 is 0 Å². The first-order chi connectivity index (χ1) is 7.18. The van der Waals surface area contributed by atoms with Crippen molar-refractivity contribution in [2.75, 3.05) is 0 Å². The van der Waals surface area contributed by atoms with Gasteiger partial charge in [0.25, 0.3) is 0 Å². The van der Waals surface area contributed by atoms with Gasteiger partial charge in [0.1, 0.15) is 5.82 Å². The summed E-state index contributed by atoms with van der Waals surface area (Å²) in [6, 6.07) is 4.91. The molecule has 0 spiro atoms. The Labute approximate surface area is 89.9 Å². The van der Waals surface area contributed by atoms with E-state index in [0.29, 0.717) is 11.5 Å². The van der Waals surface area contributed by atoms with E-state index in [0.717, 1.165) is 18.4 Å². The number of hydrogen-bond donors (Lipinski definition) is 1. The number of halogens is 1. The molecule has 0 amide bonds. The monoisotopic (exact) mass is 208 g/mol. The first kappa shape index (κ1) is 10.6. The van der Waals surface area contributed by atoms with Crippen molar-refractivity contribution in [2.24, 2.45) is 5.92 Å². The molecule has 1 fully saturated rings. The fraction of sp³-hybridized carbons (Fsp3) is 0.538. The molecule has 0 radical (unpaired) electrons. The van der Waals surface area contributed by atoms with Gasteiger partial charge in [-0.3, -0.25) is 0 Å². The molecule has 15 heavy (non-hydrogen) atoms. The standard InChI is InChI=1S/C13H17FO/c1-9-8-11(6-7-12(9)14)13(15)10-4-2-3-5-10/h6-8,10,13,15H,2-5H2,1H3. The van der Waals surface area contributed by atoms with Gasteiger partial charge in [-0.05, 0) is 42.9 Å². The molecule has 2 rings (SSSR count). The lowest BCUT2D eigenvalue weighted by Crippen LogP contribution is -2.09. The predicted molar refractivity (Wildman–Crippen MR) is 58.1 cm³/mol. The van der Waals surface area contributed by atoms with Crippen LogP contribution in [0.5, 0.6) is 0 Å². The second-order valence-corrected chi connectivity index (χ2v) is 4.50. The van der Waals surface area contributed by atoms with Crippen LogP contribution in [0.3, 0.4) is 0 Å². The summed E-state index contributed by atoms with van der Waals surface area (Å²) in [5, 5.41) is 10.1. The molecule has 1 aromatic carbocycles. The average molecular weight is 208 g/mol. The zero-order valence-corrected chi connectivity index (χ0v) is 9.04. The average Bonchev–Trinajstić information content (AvgIpc) is 2.74. The largest absolute Gasteiger partial charge is 0.388 e.